The summed E-state index contributed by atoms with van der Waals surface area (Å²) in [5.74, 6) is -2.50. The first-order chi connectivity index (χ1) is 19.4. The fourth-order valence-electron chi connectivity index (χ4n) is 3.67. The highest BCUT2D eigenvalue weighted by Crippen LogP contribution is 2.18. The quantitative estimate of drug-likeness (QED) is 0.256. The van der Waals surface area contributed by atoms with Gasteiger partial charge in [0.2, 0.25) is 17.7 Å². The minimum Gasteiger partial charge on any atom is -0.481 e. The van der Waals surface area contributed by atoms with Crippen molar-refractivity contribution in [2.45, 2.75) is 12.6 Å². The van der Waals surface area contributed by atoms with Gasteiger partial charge in [0.05, 0.1) is 44.4 Å². The summed E-state index contributed by atoms with van der Waals surface area (Å²) in [6.07, 6.45) is -4.24. The van der Waals surface area contributed by atoms with Gasteiger partial charge in [-0.2, -0.15) is 23.1 Å². The number of fused-ring (bicyclic) bond motifs is 1. The minimum atomic E-state index is -5.08. The molecule has 3 aromatic rings. The number of aromatic amines is 1. The zero-order valence-electron chi connectivity index (χ0n) is 22.0. The van der Waals surface area contributed by atoms with Crippen LogP contribution >= 0.6 is 12.2 Å². The predicted octanol–water partition coefficient (Wildman–Crippen LogP) is 1.94. The first-order valence-corrected chi connectivity index (χ1v) is 12.5. The van der Waals surface area contributed by atoms with E-state index in [0.29, 0.717) is 23.0 Å². The first kappa shape index (κ1) is 31.4. The monoisotopic (exact) mass is 600 g/mol. The lowest BCUT2D eigenvalue weighted by Crippen LogP contribution is -2.38. The Morgan fingerprint density at radius 1 is 1.15 bits per heavy atom. The maximum atomic E-state index is 13.2. The van der Waals surface area contributed by atoms with Crippen LogP contribution in [0.15, 0.2) is 29.1 Å². The number of amides is 1. The number of H-pyrrole nitrogens is 1. The largest absolute Gasteiger partial charge is 0.490 e. The van der Waals surface area contributed by atoms with E-state index in [-0.39, 0.29) is 28.4 Å². The van der Waals surface area contributed by atoms with Gasteiger partial charge in [-0.3, -0.25) is 14.5 Å². The van der Waals surface area contributed by atoms with E-state index in [9.17, 15) is 22.8 Å². The number of carbonyl (C=O) groups is 2. The van der Waals surface area contributed by atoms with Gasteiger partial charge in [-0.25, -0.2) is 9.36 Å². The molecule has 0 spiro atoms. The Morgan fingerprint density at radius 3 is 2.32 bits per heavy atom. The molecule has 0 atom stereocenters. The van der Waals surface area contributed by atoms with Gasteiger partial charge in [-0.15, -0.1) is 0 Å². The van der Waals surface area contributed by atoms with Crippen molar-refractivity contribution in [3.05, 3.63) is 45.0 Å². The second kappa shape index (κ2) is 14.0. The summed E-state index contributed by atoms with van der Waals surface area (Å²) in [7, 11) is 2.90. The Hall–Kier alpha value is -4.09. The van der Waals surface area contributed by atoms with Crippen LogP contribution in [0.25, 0.3) is 16.9 Å². The number of rotatable bonds is 8. The molecule has 1 fully saturated rings. The number of nitrogens with one attached hydrogen (secondary N) is 2. The summed E-state index contributed by atoms with van der Waals surface area (Å²) in [4.78, 5) is 48.4. The number of hydrogen-bond donors (Lipinski definition) is 3. The lowest BCUT2D eigenvalue weighted by molar-refractivity contribution is -0.192. The number of hydrogen-bond acceptors (Lipinski definition) is 10. The lowest BCUT2D eigenvalue weighted by Gasteiger charge is -2.26. The van der Waals surface area contributed by atoms with Crippen molar-refractivity contribution in [3.63, 3.8) is 0 Å². The number of morpholine rings is 1. The molecule has 0 aliphatic carbocycles. The van der Waals surface area contributed by atoms with Crippen LogP contribution in [0.4, 0.5) is 13.2 Å². The van der Waals surface area contributed by atoms with Crippen LogP contribution in [0.2, 0.25) is 0 Å². The lowest BCUT2D eigenvalue weighted by atomic mass is 10.1. The van der Waals surface area contributed by atoms with Crippen LogP contribution < -0.4 is 20.3 Å². The number of aliphatic carboxylic acids is 1. The molecule has 1 saturated heterocycles. The molecular formula is C24H27F3N6O7S. The minimum absolute atomic E-state index is 0.0198. The van der Waals surface area contributed by atoms with Gasteiger partial charge in [-0.05, 0) is 43.4 Å². The topological polar surface area (TPSA) is 161 Å². The molecule has 0 bridgehead atoms. The van der Waals surface area contributed by atoms with Crippen LogP contribution in [0, 0.1) is 4.77 Å². The molecule has 1 aliphatic heterocycles. The molecule has 1 aromatic carbocycles. The zero-order chi connectivity index (χ0) is 30.2. The highest BCUT2D eigenvalue weighted by atomic mass is 32.1. The molecule has 0 unspecified atom stereocenters. The molecule has 1 aliphatic rings. The van der Waals surface area contributed by atoms with Crippen molar-refractivity contribution in [3.8, 4) is 17.7 Å². The van der Waals surface area contributed by atoms with Crippen LogP contribution in [0.1, 0.15) is 16.8 Å². The van der Waals surface area contributed by atoms with Crippen molar-refractivity contribution in [1.29, 1.82) is 0 Å². The molecule has 41 heavy (non-hydrogen) atoms. The molecule has 3 N–H and O–H groups in total. The van der Waals surface area contributed by atoms with Crippen LogP contribution in [0.3, 0.4) is 0 Å². The number of nitrogens with zero attached hydrogens (tertiary/aromatic N) is 4. The molecule has 1 amide bonds. The summed E-state index contributed by atoms with van der Waals surface area (Å²) >= 11 is 5.40. The second-order valence-electron chi connectivity index (χ2n) is 8.45. The van der Waals surface area contributed by atoms with E-state index in [1.807, 2.05) is 0 Å². The Morgan fingerprint density at radius 2 is 1.76 bits per heavy atom. The maximum Gasteiger partial charge on any atom is 0.490 e. The average molecular weight is 601 g/mol. The van der Waals surface area contributed by atoms with Crippen LogP contribution in [-0.4, -0.2) is 101 Å². The summed E-state index contributed by atoms with van der Waals surface area (Å²) in [5.41, 5.74) is 0.453. The van der Waals surface area contributed by atoms with E-state index in [2.05, 4.69) is 25.2 Å². The fourth-order valence-corrected chi connectivity index (χ4v) is 3.95. The molecule has 0 saturated carbocycles. The van der Waals surface area contributed by atoms with Crippen molar-refractivity contribution in [2.24, 2.45) is 0 Å². The standard InChI is InChI=1S/C22H26N6O5S.C2HF3O2/c1-31-17-13-18(32-2)26-21(25-17)28-20(30)15-5-4-14(12-16(15)24-22(28)34)19(29)23-6-3-7-27-8-10-33-11-9-27;3-2(4,5)1(6)7/h4-5,12-13H,3,6-11H2,1-2H3,(H,23,29)(H,24,34);(H,6,7). The summed E-state index contributed by atoms with van der Waals surface area (Å²) < 4.78 is 48.6. The van der Waals surface area contributed by atoms with E-state index in [4.69, 9.17) is 36.3 Å². The van der Waals surface area contributed by atoms with Crippen molar-refractivity contribution in [2.75, 3.05) is 53.6 Å². The number of carboxylic acids is 1. The Bertz CT molecular complexity index is 1480. The fraction of sp³-hybridized carbons (Fsp3) is 0.417. The van der Waals surface area contributed by atoms with E-state index in [1.165, 1.54) is 20.3 Å². The average Bonchev–Trinajstić information content (AvgIpc) is 2.95. The van der Waals surface area contributed by atoms with Crippen LogP contribution in [-0.2, 0) is 9.53 Å². The summed E-state index contributed by atoms with van der Waals surface area (Å²) in [5, 5.41) is 10.4. The van der Waals surface area contributed by atoms with Crippen LogP contribution in [0.5, 0.6) is 11.8 Å². The molecule has 3 heterocycles. The second-order valence-corrected chi connectivity index (χ2v) is 8.84. The van der Waals surface area contributed by atoms with Gasteiger partial charge in [-0.1, -0.05) is 0 Å². The van der Waals surface area contributed by atoms with Crippen molar-refractivity contribution >= 4 is 35.0 Å². The molecule has 222 valence electrons. The van der Waals surface area contributed by atoms with E-state index in [0.717, 1.165) is 43.8 Å². The number of aromatic nitrogens is 4. The summed E-state index contributed by atoms with van der Waals surface area (Å²) in [6, 6.07) is 6.30. The zero-order valence-corrected chi connectivity index (χ0v) is 22.8. The number of benzene rings is 1. The molecule has 2 aromatic heterocycles. The smallest absolute Gasteiger partial charge is 0.481 e. The highest BCUT2D eigenvalue weighted by Gasteiger charge is 2.38. The predicted molar refractivity (Wildman–Crippen MR) is 141 cm³/mol. The third-order valence-corrected chi connectivity index (χ3v) is 6.01. The van der Waals surface area contributed by atoms with Gasteiger partial charge in [0.25, 0.3) is 11.5 Å². The molecule has 0 radical (unpaired) electrons. The number of carbonyl (C=O) groups excluding carboxylic acids is 1. The Labute approximate surface area is 235 Å². The number of carboxylic acid groups (broad SMARTS) is 1. The van der Waals surface area contributed by atoms with E-state index in [1.54, 1.807) is 18.2 Å². The third-order valence-electron chi connectivity index (χ3n) is 5.73. The maximum absolute atomic E-state index is 13.2. The highest BCUT2D eigenvalue weighted by molar-refractivity contribution is 7.71. The number of ether oxygens (including phenoxy) is 3. The van der Waals surface area contributed by atoms with Gasteiger partial charge in [0, 0.05) is 25.2 Å². The molecule has 13 nitrogen and oxygen atoms in total. The van der Waals surface area contributed by atoms with E-state index >= 15 is 0 Å². The normalized spacial score (nSPS) is 13.7. The molecular weight excluding hydrogens is 573 g/mol. The summed E-state index contributed by atoms with van der Waals surface area (Å²) in [6.45, 7) is 4.81. The number of methoxy groups -OCH3 is 2. The van der Waals surface area contributed by atoms with Crippen molar-refractivity contribution < 1.29 is 42.1 Å². The SMILES string of the molecule is COc1cc(OC)nc(-n2c(=S)[nH]c3cc(C(=O)NCCCN4CCOCC4)ccc3c2=O)n1.O=C(O)C(F)(F)F. The molecule has 4 rings (SSSR count). The van der Waals surface area contributed by atoms with Gasteiger partial charge < -0.3 is 29.6 Å². The molecule has 17 heteroatoms. The number of halogens is 3. The third kappa shape index (κ3) is 8.45. The van der Waals surface area contributed by atoms with Gasteiger partial charge in [0.1, 0.15) is 0 Å². The first-order valence-electron chi connectivity index (χ1n) is 12.1. The number of alkyl halides is 3. The van der Waals surface area contributed by atoms with Crippen molar-refractivity contribution in [1.82, 2.24) is 29.7 Å². The van der Waals surface area contributed by atoms with Gasteiger partial charge >= 0.3 is 12.1 Å². The van der Waals surface area contributed by atoms with E-state index < -0.39 is 17.7 Å². The Balaban J connectivity index is 0.000000587. The van der Waals surface area contributed by atoms with Gasteiger partial charge in [0.15, 0.2) is 4.77 Å². The Kier molecular flexibility index (Phi) is 10.7.